The van der Waals surface area contributed by atoms with Crippen molar-refractivity contribution >= 4 is 21.6 Å². The summed E-state index contributed by atoms with van der Waals surface area (Å²) in [5.74, 6) is -2.40. The van der Waals surface area contributed by atoms with E-state index in [1.165, 1.54) is 6.92 Å². The zero-order valence-corrected chi connectivity index (χ0v) is 17.3. The lowest BCUT2D eigenvalue weighted by Gasteiger charge is -2.12. The smallest absolute Gasteiger partial charge is 0.222 e. The Morgan fingerprint density at radius 1 is 1.07 bits per heavy atom. The van der Waals surface area contributed by atoms with Crippen LogP contribution in [0.15, 0.2) is 47.6 Å². The van der Waals surface area contributed by atoms with E-state index in [2.05, 4.69) is 15.3 Å². The molecule has 1 amide bonds. The Morgan fingerprint density at radius 2 is 1.80 bits per heavy atom. The number of anilines is 1. The zero-order valence-electron chi connectivity index (χ0n) is 16.5. The molecule has 0 saturated heterocycles. The molecule has 6 nitrogen and oxygen atoms in total. The highest BCUT2D eigenvalue weighted by molar-refractivity contribution is 7.90. The molecule has 2 heterocycles. The molecule has 0 aliphatic carbocycles. The van der Waals surface area contributed by atoms with Crippen LogP contribution in [0.3, 0.4) is 0 Å². The predicted molar refractivity (Wildman–Crippen MR) is 108 cm³/mol. The summed E-state index contributed by atoms with van der Waals surface area (Å²) in [6.07, 6.45) is 3.18. The van der Waals surface area contributed by atoms with Gasteiger partial charge in [-0.15, -0.1) is 0 Å². The number of pyridine rings is 2. The van der Waals surface area contributed by atoms with E-state index in [9.17, 15) is 22.0 Å². The zero-order chi connectivity index (χ0) is 22.1. The molecule has 0 fully saturated rings. The highest BCUT2D eigenvalue weighted by Crippen LogP contribution is 2.28. The molecule has 156 valence electrons. The van der Waals surface area contributed by atoms with Crippen LogP contribution in [0.5, 0.6) is 0 Å². The van der Waals surface area contributed by atoms with Gasteiger partial charge in [0.05, 0.1) is 5.75 Å². The van der Waals surface area contributed by atoms with Gasteiger partial charge in [-0.05, 0) is 54.8 Å². The lowest BCUT2D eigenvalue weighted by molar-refractivity contribution is -0.114. The van der Waals surface area contributed by atoms with Crippen molar-refractivity contribution in [3.8, 4) is 11.1 Å². The van der Waals surface area contributed by atoms with Crippen molar-refractivity contribution in [2.75, 3.05) is 5.32 Å². The summed E-state index contributed by atoms with van der Waals surface area (Å²) in [5, 5.41) is 2.60. The molecule has 0 aliphatic rings. The number of carbonyl (C=O) groups is 1. The van der Waals surface area contributed by atoms with Gasteiger partial charge < -0.3 is 5.32 Å². The van der Waals surface area contributed by atoms with E-state index in [-0.39, 0.29) is 5.91 Å². The number of sulfone groups is 1. The number of aryl methyl sites for hydroxylation is 2. The van der Waals surface area contributed by atoms with E-state index >= 15 is 0 Å². The number of carbonyl (C=O) groups excluding carboxylic acids is 1. The fraction of sp³-hybridized carbons (Fsp3) is 0.190. The standard InChI is InChI=1S/C21H19F2N3O3S/c1-12-9-25-21(26-14(3)27)8-18(12)15-6-16(13(2)24-10-15)11-30(28,29)20-5-4-17(22)7-19(20)23/h4-10H,11H2,1-3H3,(H,25,26,27). The van der Waals surface area contributed by atoms with Crippen LogP contribution in [0.1, 0.15) is 23.7 Å². The molecule has 9 heteroatoms. The number of rotatable bonds is 5. The topological polar surface area (TPSA) is 89.0 Å². The van der Waals surface area contributed by atoms with Crippen molar-refractivity contribution in [1.29, 1.82) is 0 Å². The molecule has 3 rings (SSSR count). The van der Waals surface area contributed by atoms with Crippen LogP contribution in [0.25, 0.3) is 11.1 Å². The molecule has 0 bridgehead atoms. The fourth-order valence-corrected chi connectivity index (χ4v) is 4.45. The molecular weight excluding hydrogens is 412 g/mol. The Balaban J connectivity index is 2.01. The number of benzene rings is 1. The third kappa shape index (κ3) is 4.68. The van der Waals surface area contributed by atoms with Gasteiger partial charge in [-0.1, -0.05) is 0 Å². The number of nitrogens with zero attached hydrogens (tertiary/aromatic N) is 2. The van der Waals surface area contributed by atoms with E-state index < -0.39 is 32.1 Å². The lowest BCUT2D eigenvalue weighted by atomic mass is 10.0. The number of halogens is 2. The number of nitrogens with one attached hydrogen (secondary N) is 1. The third-order valence-corrected chi connectivity index (χ3v) is 6.18. The molecule has 1 aromatic carbocycles. The van der Waals surface area contributed by atoms with Gasteiger partial charge in [0, 0.05) is 36.6 Å². The van der Waals surface area contributed by atoms with Crippen LogP contribution in [0.2, 0.25) is 0 Å². The molecule has 0 unspecified atom stereocenters. The SMILES string of the molecule is CC(=O)Nc1cc(-c2cnc(C)c(CS(=O)(=O)c3ccc(F)cc3F)c2)c(C)cn1. The summed E-state index contributed by atoms with van der Waals surface area (Å²) in [4.78, 5) is 19.1. The summed E-state index contributed by atoms with van der Waals surface area (Å²) < 4.78 is 52.6. The second kappa shape index (κ2) is 8.27. The van der Waals surface area contributed by atoms with Gasteiger partial charge in [0.1, 0.15) is 22.3 Å². The van der Waals surface area contributed by atoms with Gasteiger partial charge >= 0.3 is 0 Å². The first kappa shape index (κ1) is 21.5. The molecule has 0 radical (unpaired) electrons. The van der Waals surface area contributed by atoms with Crippen molar-refractivity contribution < 1.29 is 22.0 Å². The summed E-state index contributed by atoms with van der Waals surface area (Å²) in [6, 6.07) is 5.68. The van der Waals surface area contributed by atoms with Crippen LogP contribution < -0.4 is 5.32 Å². The van der Waals surface area contributed by atoms with Crippen molar-refractivity contribution in [3.63, 3.8) is 0 Å². The first-order chi connectivity index (χ1) is 14.1. The van der Waals surface area contributed by atoms with Crippen LogP contribution in [0, 0.1) is 25.5 Å². The molecule has 0 saturated carbocycles. The summed E-state index contributed by atoms with van der Waals surface area (Å²) in [7, 11) is -4.07. The average molecular weight is 431 g/mol. The Bertz CT molecular complexity index is 1240. The molecular formula is C21H19F2N3O3S. The van der Waals surface area contributed by atoms with Gasteiger partial charge in [-0.25, -0.2) is 22.2 Å². The molecule has 0 aliphatic heterocycles. The minimum Gasteiger partial charge on any atom is -0.311 e. The Morgan fingerprint density at radius 3 is 2.47 bits per heavy atom. The van der Waals surface area contributed by atoms with Gasteiger partial charge in [-0.2, -0.15) is 0 Å². The van der Waals surface area contributed by atoms with Gasteiger partial charge in [0.15, 0.2) is 9.84 Å². The maximum absolute atomic E-state index is 14.0. The average Bonchev–Trinajstić information content (AvgIpc) is 2.64. The Labute approximate surface area is 172 Å². The first-order valence-electron chi connectivity index (χ1n) is 8.95. The molecule has 2 aromatic heterocycles. The summed E-state index contributed by atoms with van der Waals surface area (Å²) >= 11 is 0. The van der Waals surface area contributed by atoms with E-state index in [0.29, 0.717) is 34.3 Å². The van der Waals surface area contributed by atoms with Gasteiger partial charge in [0.25, 0.3) is 0 Å². The Hall–Kier alpha value is -3.20. The second-order valence-electron chi connectivity index (χ2n) is 6.87. The number of hydrogen-bond donors (Lipinski definition) is 1. The highest BCUT2D eigenvalue weighted by atomic mass is 32.2. The highest BCUT2D eigenvalue weighted by Gasteiger charge is 2.22. The van der Waals surface area contributed by atoms with Crippen molar-refractivity contribution in [2.45, 2.75) is 31.4 Å². The molecule has 30 heavy (non-hydrogen) atoms. The number of hydrogen-bond acceptors (Lipinski definition) is 5. The van der Waals surface area contributed by atoms with Crippen molar-refractivity contribution in [1.82, 2.24) is 9.97 Å². The van der Waals surface area contributed by atoms with Crippen molar-refractivity contribution in [2.24, 2.45) is 0 Å². The minimum absolute atomic E-state index is 0.271. The second-order valence-corrected chi connectivity index (χ2v) is 8.83. The fourth-order valence-electron chi connectivity index (χ4n) is 2.97. The normalized spacial score (nSPS) is 11.4. The van der Waals surface area contributed by atoms with Gasteiger partial charge in [0.2, 0.25) is 5.91 Å². The first-order valence-corrected chi connectivity index (χ1v) is 10.6. The predicted octanol–water partition coefficient (Wildman–Crippen LogP) is 3.97. The maximum Gasteiger partial charge on any atom is 0.222 e. The largest absolute Gasteiger partial charge is 0.311 e. The monoisotopic (exact) mass is 431 g/mol. The molecule has 1 N–H and O–H groups in total. The van der Waals surface area contributed by atoms with Gasteiger partial charge in [-0.3, -0.25) is 9.78 Å². The van der Waals surface area contributed by atoms with Crippen LogP contribution in [-0.4, -0.2) is 24.3 Å². The van der Waals surface area contributed by atoms with Crippen LogP contribution >= 0.6 is 0 Å². The number of aromatic nitrogens is 2. The van der Waals surface area contributed by atoms with E-state index in [4.69, 9.17) is 0 Å². The Kier molecular flexibility index (Phi) is 5.93. The number of amides is 1. The third-order valence-electron chi connectivity index (χ3n) is 4.48. The summed E-state index contributed by atoms with van der Waals surface area (Å²) in [5.41, 5.74) is 2.99. The minimum atomic E-state index is -4.07. The molecule has 3 aromatic rings. The molecule has 0 atom stereocenters. The van der Waals surface area contributed by atoms with Crippen molar-refractivity contribution in [3.05, 3.63) is 71.2 Å². The van der Waals surface area contributed by atoms with Crippen LogP contribution in [-0.2, 0) is 20.4 Å². The van der Waals surface area contributed by atoms with E-state index in [0.717, 1.165) is 17.7 Å². The van der Waals surface area contributed by atoms with E-state index in [1.807, 2.05) is 6.92 Å². The van der Waals surface area contributed by atoms with E-state index in [1.54, 1.807) is 31.5 Å². The summed E-state index contributed by atoms with van der Waals surface area (Å²) in [6.45, 7) is 4.84. The molecule has 0 spiro atoms. The van der Waals surface area contributed by atoms with Crippen LogP contribution in [0.4, 0.5) is 14.6 Å². The quantitative estimate of drug-likeness (QED) is 0.618. The maximum atomic E-state index is 14.0. The lowest BCUT2D eigenvalue weighted by Crippen LogP contribution is -2.10.